The minimum Gasteiger partial charge on any atom is -0.368 e. The highest BCUT2D eigenvalue weighted by Crippen LogP contribution is 2.20. The lowest BCUT2D eigenvalue weighted by atomic mass is 9.97. The molecule has 1 aromatic heterocycles. The van der Waals surface area contributed by atoms with Gasteiger partial charge in [0.15, 0.2) is 0 Å². The summed E-state index contributed by atoms with van der Waals surface area (Å²) in [4.78, 5) is 25.7. The molecule has 152 valence electrons. The molecule has 2 aromatic rings. The molecule has 4 rings (SSSR count). The van der Waals surface area contributed by atoms with E-state index < -0.39 is 0 Å². The molecule has 1 aliphatic carbocycles. The van der Waals surface area contributed by atoms with Crippen LogP contribution in [0.4, 0.5) is 11.5 Å². The Kier molecular flexibility index (Phi) is 6.39. The van der Waals surface area contributed by atoms with Crippen molar-refractivity contribution in [3.8, 4) is 0 Å². The molecule has 6 heteroatoms. The van der Waals surface area contributed by atoms with Gasteiger partial charge in [0.1, 0.15) is 17.8 Å². The normalized spacial score (nSPS) is 17.0. The summed E-state index contributed by atoms with van der Waals surface area (Å²) in [5, 5.41) is 3.01. The number of aromatic nitrogens is 2. The van der Waals surface area contributed by atoms with Crippen molar-refractivity contribution >= 4 is 17.4 Å². The second-order valence-electron chi connectivity index (χ2n) is 7.69. The molecule has 0 radical (unpaired) electrons. The SMILES string of the molecule is O=C(NCCC1=CCCCC1)c1cc(N2CCN(c3ccccc3)CC2)ncn1. The molecule has 1 fully saturated rings. The lowest BCUT2D eigenvalue weighted by molar-refractivity contribution is 0.0949. The van der Waals surface area contributed by atoms with Gasteiger partial charge in [-0.2, -0.15) is 0 Å². The van der Waals surface area contributed by atoms with Crippen LogP contribution in [0.1, 0.15) is 42.6 Å². The molecule has 1 aliphatic heterocycles. The molecule has 0 atom stereocenters. The fourth-order valence-corrected chi connectivity index (χ4v) is 4.04. The zero-order chi connectivity index (χ0) is 19.9. The zero-order valence-electron chi connectivity index (χ0n) is 16.9. The number of amides is 1. The van der Waals surface area contributed by atoms with Gasteiger partial charge in [0.05, 0.1) is 0 Å². The number of rotatable bonds is 6. The average Bonchev–Trinajstić information content (AvgIpc) is 2.80. The number of nitrogens with one attached hydrogen (secondary N) is 1. The quantitative estimate of drug-likeness (QED) is 0.765. The molecule has 0 bridgehead atoms. The summed E-state index contributed by atoms with van der Waals surface area (Å²) in [6.07, 6.45) is 9.67. The van der Waals surface area contributed by atoms with Crippen LogP contribution in [0.5, 0.6) is 0 Å². The Morgan fingerprint density at radius 2 is 1.79 bits per heavy atom. The van der Waals surface area contributed by atoms with E-state index in [2.05, 4.69) is 55.4 Å². The third-order valence-electron chi connectivity index (χ3n) is 5.73. The fourth-order valence-electron chi connectivity index (χ4n) is 4.04. The van der Waals surface area contributed by atoms with Gasteiger partial charge in [0.25, 0.3) is 5.91 Å². The van der Waals surface area contributed by atoms with E-state index in [4.69, 9.17) is 0 Å². The predicted molar refractivity (Wildman–Crippen MR) is 116 cm³/mol. The van der Waals surface area contributed by atoms with Crippen LogP contribution in [-0.2, 0) is 0 Å². The summed E-state index contributed by atoms with van der Waals surface area (Å²) < 4.78 is 0. The summed E-state index contributed by atoms with van der Waals surface area (Å²) in [6.45, 7) is 4.29. The Balaban J connectivity index is 1.30. The Labute approximate surface area is 172 Å². The molecule has 2 heterocycles. The van der Waals surface area contributed by atoms with E-state index in [1.807, 2.05) is 12.1 Å². The van der Waals surface area contributed by atoms with E-state index in [0.29, 0.717) is 12.2 Å². The van der Waals surface area contributed by atoms with Crippen molar-refractivity contribution in [1.29, 1.82) is 0 Å². The van der Waals surface area contributed by atoms with E-state index >= 15 is 0 Å². The first-order chi connectivity index (χ1) is 14.3. The molecule has 29 heavy (non-hydrogen) atoms. The van der Waals surface area contributed by atoms with Gasteiger partial charge in [-0.3, -0.25) is 4.79 Å². The average molecular weight is 392 g/mol. The largest absolute Gasteiger partial charge is 0.368 e. The van der Waals surface area contributed by atoms with E-state index in [1.54, 1.807) is 0 Å². The maximum atomic E-state index is 12.5. The van der Waals surface area contributed by atoms with Crippen LogP contribution in [0, 0.1) is 0 Å². The van der Waals surface area contributed by atoms with Crippen molar-refractivity contribution in [1.82, 2.24) is 15.3 Å². The molecular formula is C23H29N5O. The topological polar surface area (TPSA) is 61.4 Å². The number of piperazine rings is 1. The van der Waals surface area contributed by atoms with Crippen LogP contribution >= 0.6 is 0 Å². The third kappa shape index (κ3) is 5.13. The lowest BCUT2D eigenvalue weighted by Crippen LogP contribution is -2.47. The highest BCUT2D eigenvalue weighted by atomic mass is 16.1. The Hall–Kier alpha value is -2.89. The molecule has 1 amide bonds. The predicted octanol–water partition coefficient (Wildman–Crippen LogP) is 3.42. The third-order valence-corrected chi connectivity index (χ3v) is 5.73. The van der Waals surface area contributed by atoms with Gasteiger partial charge in [0, 0.05) is 44.5 Å². The molecule has 0 saturated carbocycles. The van der Waals surface area contributed by atoms with Crippen molar-refractivity contribution in [2.75, 3.05) is 42.5 Å². The minimum atomic E-state index is -0.118. The smallest absolute Gasteiger partial charge is 0.270 e. The Morgan fingerprint density at radius 1 is 1.00 bits per heavy atom. The molecule has 1 N–H and O–H groups in total. The van der Waals surface area contributed by atoms with Gasteiger partial charge < -0.3 is 15.1 Å². The second-order valence-corrected chi connectivity index (χ2v) is 7.69. The maximum absolute atomic E-state index is 12.5. The maximum Gasteiger partial charge on any atom is 0.270 e. The fraction of sp³-hybridized carbons (Fsp3) is 0.435. The summed E-state index contributed by atoms with van der Waals surface area (Å²) in [6, 6.07) is 12.3. The first-order valence-electron chi connectivity index (χ1n) is 10.6. The van der Waals surface area contributed by atoms with Crippen LogP contribution in [0.25, 0.3) is 0 Å². The standard InChI is InChI=1S/C23H29N5O/c29-23(24-12-11-19-7-3-1-4-8-19)21-17-22(26-18-25-21)28-15-13-27(14-16-28)20-9-5-2-6-10-20/h2,5-7,9-10,17-18H,1,3-4,8,11-16H2,(H,24,29). The van der Waals surface area contributed by atoms with Crippen LogP contribution < -0.4 is 15.1 Å². The summed E-state index contributed by atoms with van der Waals surface area (Å²) in [7, 11) is 0. The van der Waals surface area contributed by atoms with Crippen LogP contribution in [0.3, 0.4) is 0 Å². The summed E-state index contributed by atoms with van der Waals surface area (Å²) >= 11 is 0. The van der Waals surface area contributed by atoms with Gasteiger partial charge >= 0.3 is 0 Å². The van der Waals surface area contributed by atoms with E-state index in [-0.39, 0.29) is 5.91 Å². The van der Waals surface area contributed by atoms with E-state index in [0.717, 1.165) is 38.4 Å². The van der Waals surface area contributed by atoms with Gasteiger partial charge in [-0.1, -0.05) is 29.8 Å². The van der Waals surface area contributed by atoms with Crippen molar-refractivity contribution in [2.24, 2.45) is 0 Å². The number of benzene rings is 1. The van der Waals surface area contributed by atoms with E-state index in [1.165, 1.54) is 43.3 Å². The first-order valence-corrected chi connectivity index (χ1v) is 10.6. The number of hydrogen-bond donors (Lipinski definition) is 1. The van der Waals surface area contributed by atoms with Crippen LogP contribution in [0.2, 0.25) is 0 Å². The van der Waals surface area contributed by atoms with Crippen LogP contribution in [0.15, 0.2) is 54.4 Å². The zero-order valence-corrected chi connectivity index (χ0v) is 16.9. The number of nitrogens with zero attached hydrogens (tertiary/aromatic N) is 4. The van der Waals surface area contributed by atoms with Crippen molar-refractivity contribution in [3.05, 3.63) is 60.1 Å². The van der Waals surface area contributed by atoms with Gasteiger partial charge in [-0.25, -0.2) is 9.97 Å². The molecule has 1 saturated heterocycles. The number of para-hydroxylation sites is 1. The van der Waals surface area contributed by atoms with Crippen LogP contribution in [-0.4, -0.2) is 48.6 Å². The number of hydrogen-bond acceptors (Lipinski definition) is 5. The van der Waals surface area contributed by atoms with Gasteiger partial charge in [-0.15, -0.1) is 0 Å². The molecule has 0 spiro atoms. The molecule has 0 unspecified atom stereocenters. The number of anilines is 2. The lowest BCUT2D eigenvalue weighted by Gasteiger charge is -2.36. The highest BCUT2D eigenvalue weighted by Gasteiger charge is 2.19. The molecular weight excluding hydrogens is 362 g/mol. The highest BCUT2D eigenvalue weighted by molar-refractivity contribution is 5.92. The Bertz CT molecular complexity index is 843. The van der Waals surface area contributed by atoms with Crippen molar-refractivity contribution in [3.63, 3.8) is 0 Å². The van der Waals surface area contributed by atoms with Gasteiger partial charge in [0.2, 0.25) is 0 Å². The summed E-state index contributed by atoms with van der Waals surface area (Å²) in [5.74, 6) is 0.709. The number of allylic oxidation sites excluding steroid dienone is 1. The number of carbonyl (C=O) groups excluding carboxylic acids is 1. The Morgan fingerprint density at radius 3 is 2.55 bits per heavy atom. The van der Waals surface area contributed by atoms with Crippen molar-refractivity contribution in [2.45, 2.75) is 32.1 Å². The molecule has 1 aromatic carbocycles. The van der Waals surface area contributed by atoms with Crippen molar-refractivity contribution < 1.29 is 4.79 Å². The molecule has 6 nitrogen and oxygen atoms in total. The van der Waals surface area contributed by atoms with E-state index in [9.17, 15) is 4.79 Å². The minimum absolute atomic E-state index is 0.118. The first kappa shape index (κ1) is 19.4. The molecule has 2 aliphatic rings. The van der Waals surface area contributed by atoms with Gasteiger partial charge in [-0.05, 0) is 44.2 Å². The summed E-state index contributed by atoms with van der Waals surface area (Å²) in [5.41, 5.74) is 3.16. The second kappa shape index (κ2) is 9.54. The monoisotopic (exact) mass is 391 g/mol. The number of carbonyl (C=O) groups is 1.